The molecule has 18 heavy (non-hydrogen) atoms. The van der Waals surface area contributed by atoms with Gasteiger partial charge in [-0.3, -0.25) is 4.79 Å². The second-order valence-corrected chi connectivity index (χ2v) is 3.56. The summed E-state index contributed by atoms with van der Waals surface area (Å²) in [4.78, 5) is 34.1. The number of carbonyl (C=O) groups is 3. The van der Waals surface area contributed by atoms with Crippen molar-refractivity contribution in [2.45, 2.75) is 20.3 Å². The number of rotatable bonds is 5. The van der Waals surface area contributed by atoms with Crippen LogP contribution in [-0.4, -0.2) is 29.4 Å². The van der Waals surface area contributed by atoms with E-state index in [1.807, 2.05) is 0 Å². The molecule has 0 atom stereocenters. The third-order valence-electron chi connectivity index (χ3n) is 2.38. The zero-order valence-corrected chi connectivity index (χ0v) is 10.2. The lowest BCUT2D eigenvalue weighted by molar-refractivity contribution is 0.0525. The highest BCUT2D eigenvalue weighted by atomic mass is 16.5. The molecule has 0 aliphatic carbocycles. The van der Waals surface area contributed by atoms with Gasteiger partial charge in [0.2, 0.25) is 0 Å². The van der Waals surface area contributed by atoms with Gasteiger partial charge in [0.1, 0.15) is 0 Å². The smallest absolute Gasteiger partial charge is 0.338 e. The van der Waals surface area contributed by atoms with Gasteiger partial charge >= 0.3 is 11.9 Å². The summed E-state index contributed by atoms with van der Waals surface area (Å²) in [6.07, 6.45) is 0.173. The topological polar surface area (TPSA) is 80.7 Å². The minimum Gasteiger partial charge on any atom is -0.478 e. The number of carbonyl (C=O) groups excluding carboxylic acids is 2. The van der Waals surface area contributed by atoms with Gasteiger partial charge in [0.25, 0.3) is 0 Å². The summed E-state index contributed by atoms with van der Waals surface area (Å²) in [5.41, 5.74) is 0.115. The summed E-state index contributed by atoms with van der Waals surface area (Å²) in [5, 5.41) is 8.97. The van der Waals surface area contributed by atoms with E-state index in [-0.39, 0.29) is 35.5 Å². The Labute approximate surface area is 104 Å². The molecule has 0 bridgehead atoms. The van der Waals surface area contributed by atoms with Crippen LogP contribution in [0.2, 0.25) is 0 Å². The first-order valence-electron chi connectivity index (χ1n) is 5.58. The molecular formula is C13H14O5. The van der Waals surface area contributed by atoms with E-state index in [4.69, 9.17) is 9.84 Å². The minimum atomic E-state index is -1.19. The normalized spacial score (nSPS) is 9.89. The van der Waals surface area contributed by atoms with Crippen LogP contribution in [0.4, 0.5) is 0 Å². The third kappa shape index (κ3) is 2.94. The molecule has 5 heteroatoms. The lowest BCUT2D eigenvalue weighted by atomic mass is 9.99. The molecule has 5 nitrogen and oxygen atoms in total. The molecule has 96 valence electrons. The first kappa shape index (κ1) is 13.9. The van der Waals surface area contributed by atoms with Gasteiger partial charge in [-0.2, -0.15) is 0 Å². The van der Waals surface area contributed by atoms with Crippen LogP contribution in [-0.2, 0) is 4.74 Å². The van der Waals surface area contributed by atoms with E-state index in [1.54, 1.807) is 13.8 Å². The van der Waals surface area contributed by atoms with Gasteiger partial charge in [-0.25, -0.2) is 9.59 Å². The fourth-order valence-electron chi connectivity index (χ4n) is 1.49. The largest absolute Gasteiger partial charge is 0.478 e. The van der Waals surface area contributed by atoms with Crippen molar-refractivity contribution < 1.29 is 24.2 Å². The zero-order valence-electron chi connectivity index (χ0n) is 10.2. The number of hydrogen-bond donors (Lipinski definition) is 1. The maximum absolute atomic E-state index is 11.7. The van der Waals surface area contributed by atoms with E-state index in [0.717, 1.165) is 0 Å². The molecule has 0 fully saturated rings. The molecule has 0 saturated heterocycles. The van der Waals surface area contributed by atoms with Gasteiger partial charge < -0.3 is 9.84 Å². The molecule has 1 aromatic rings. The van der Waals surface area contributed by atoms with Crippen molar-refractivity contribution in [3.63, 3.8) is 0 Å². The standard InChI is InChI=1S/C13H14O5/c1-3-11(14)10-7-8(13(17)18-4-2)5-6-9(10)12(15)16/h5-7H,3-4H2,1-2H3,(H,15,16). The minimum absolute atomic E-state index is 0.0375. The van der Waals surface area contributed by atoms with Crippen LogP contribution in [0.1, 0.15) is 51.3 Å². The number of carboxylic acid groups (broad SMARTS) is 1. The highest BCUT2D eigenvalue weighted by molar-refractivity contribution is 6.07. The Balaban J connectivity index is 3.25. The summed E-state index contributed by atoms with van der Waals surface area (Å²) < 4.78 is 4.80. The summed E-state index contributed by atoms with van der Waals surface area (Å²) in [7, 11) is 0. The van der Waals surface area contributed by atoms with Crippen LogP contribution in [0, 0.1) is 0 Å². The number of ketones is 1. The van der Waals surface area contributed by atoms with Crippen LogP contribution in [0.3, 0.4) is 0 Å². The fraction of sp³-hybridized carbons (Fsp3) is 0.308. The Morgan fingerprint density at radius 2 is 1.83 bits per heavy atom. The van der Waals surface area contributed by atoms with Gasteiger partial charge in [0, 0.05) is 12.0 Å². The first-order chi connectivity index (χ1) is 8.51. The number of ether oxygens (including phenoxy) is 1. The van der Waals surface area contributed by atoms with Crippen molar-refractivity contribution in [2.24, 2.45) is 0 Å². The Bertz CT molecular complexity index is 490. The summed E-state index contributed by atoms with van der Waals surface area (Å²) >= 11 is 0. The van der Waals surface area contributed by atoms with E-state index in [1.165, 1.54) is 18.2 Å². The molecule has 0 saturated carbocycles. The second-order valence-electron chi connectivity index (χ2n) is 3.56. The second kappa shape index (κ2) is 5.95. The van der Waals surface area contributed by atoms with Gasteiger partial charge in [-0.1, -0.05) is 6.92 Å². The van der Waals surface area contributed by atoms with E-state index < -0.39 is 11.9 Å². The summed E-state index contributed by atoms with van der Waals surface area (Å²) in [6.45, 7) is 3.52. The maximum atomic E-state index is 11.7. The van der Waals surface area contributed by atoms with Gasteiger partial charge in [-0.05, 0) is 25.1 Å². The SMILES string of the molecule is CCOC(=O)c1ccc(C(=O)O)c(C(=O)CC)c1. The van der Waals surface area contributed by atoms with Crippen molar-refractivity contribution in [3.05, 3.63) is 34.9 Å². The highest BCUT2D eigenvalue weighted by Crippen LogP contribution is 2.15. The lowest BCUT2D eigenvalue weighted by Gasteiger charge is -2.07. The Kier molecular flexibility index (Phi) is 4.59. The van der Waals surface area contributed by atoms with Gasteiger partial charge in [0.05, 0.1) is 17.7 Å². The Hall–Kier alpha value is -2.17. The highest BCUT2D eigenvalue weighted by Gasteiger charge is 2.18. The van der Waals surface area contributed by atoms with Gasteiger partial charge in [-0.15, -0.1) is 0 Å². The van der Waals surface area contributed by atoms with E-state index >= 15 is 0 Å². The van der Waals surface area contributed by atoms with Crippen LogP contribution in [0.25, 0.3) is 0 Å². The van der Waals surface area contributed by atoms with Crippen LogP contribution < -0.4 is 0 Å². The van der Waals surface area contributed by atoms with Gasteiger partial charge in [0.15, 0.2) is 5.78 Å². The molecule has 0 aliphatic heterocycles. The van der Waals surface area contributed by atoms with Crippen molar-refractivity contribution in [1.82, 2.24) is 0 Å². The number of aromatic carboxylic acids is 1. The van der Waals surface area contributed by atoms with Crippen LogP contribution in [0.5, 0.6) is 0 Å². The zero-order chi connectivity index (χ0) is 13.7. The summed E-state index contributed by atoms with van der Waals surface area (Å²) in [6, 6.07) is 3.86. The van der Waals surface area contributed by atoms with Crippen LogP contribution >= 0.6 is 0 Å². The predicted molar refractivity (Wildman–Crippen MR) is 64.0 cm³/mol. The Morgan fingerprint density at radius 1 is 1.17 bits per heavy atom. The average molecular weight is 250 g/mol. The quantitative estimate of drug-likeness (QED) is 0.639. The van der Waals surface area contributed by atoms with E-state index in [9.17, 15) is 14.4 Å². The molecule has 0 spiro atoms. The number of esters is 1. The molecular weight excluding hydrogens is 236 g/mol. The van der Waals surface area contributed by atoms with Crippen LogP contribution in [0.15, 0.2) is 18.2 Å². The van der Waals surface area contributed by atoms with Crippen molar-refractivity contribution in [3.8, 4) is 0 Å². The summed E-state index contributed by atoms with van der Waals surface area (Å²) in [5.74, 6) is -2.08. The molecule has 0 amide bonds. The fourth-order valence-corrected chi connectivity index (χ4v) is 1.49. The molecule has 1 N–H and O–H groups in total. The molecule has 1 rings (SSSR count). The first-order valence-corrected chi connectivity index (χ1v) is 5.58. The maximum Gasteiger partial charge on any atom is 0.338 e. The molecule has 0 aliphatic rings. The van der Waals surface area contributed by atoms with Crippen molar-refractivity contribution in [1.29, 1.82) is 0 Å². The number of benzene rings is 1. The Morgan fingerprint density at radius 3 is 2.33 bits per heavy atom. The molecule has 0 heterocycles. The lowest BCUT2D eigenvalue weighted by Crippen LogP contribution is -2.11. The average Bonchev–Trinajstić information content (AvgIpc) is 2.37. The molecule has 0 unspecified atom stereocenters. The van der Waals surface area contributed by atoms with Crippen molar-refractivity contribution >= 4 is 17.7 Å². The number of Topliss-reactive ketones (excluding diaryl/α,β-unsaturated/α-hetero) is 1. The predicted octanol–water partition coefficient (Wildman–Crippen LogP) is 2.15. The van der Waals surface area contributed by atoms with E-state index in [0.29, 0.717) is 0 Å². The number of hydrogen-bond acceptors (Lipinski definition) is 4. The van der Waals surface area contributed by atoms with E-state index in [2.05, 4.69) is 0 Å². The molecule has 1 aromatic carbocycles. The monoisotopic (exact) mass is 250 g/mol. The third-order valence-corrected chi connectivity index (χ3v) is 2.38. The van der Waals surface area contributed by atoms with Crippen molar-refractivity contribution in [2.75, 3.05) is 6.61 Å². The number of carboxylic acids is 1. The molecule has 0 radical (unpaired) electrons. The molecule has 0 aromatic heterocycles.